The van der Waals surface area contributed by atoms with Crippen molar-refractivity contribution in [2.45, 2.75) is 38.9 Å². The van der Waals surface area contributed by atoms with E-state index in [0.29, 0.717) is 18.5 Å². The molecule has 1 unspecified atom stereocenters. The molecule has 7 heteroatoms. The molecule has 0 radical (unpaired) electrons. The van der Waals surface area contributed by atoms with Gasteiger partial charge in [0.2, 0.25) is 11.8 Å². The highest BCUT2D eigenvalue weighted by Crippen LogP contribution is 2.31. The van der Waals surface area contributed by atoms with Crippen molar-refractivity contribution < 1.29 is 22.8 Å². The van der Waals surface area contributed by atoms with Gasteiger partial charge in [-0.25, -0.2) is 0 Å². The summed E-state index contributed by atoms with van der Waals surface area (Å²) in [6.07, 6.45) is -3.29. The second-order valence-electron chi connectivity index (χ2n) is 6.28. The third kappa shape index (κ3) is 4.49. The Morgan fingerprint density at radius 1 is 1.33 bits per heavy atom. The summed E-state index contributed by atoms with van der Waals surface area (Å²) in [5.41, 5.74) is -0.421. The fourth-order valence-electron chi connectivity index (χ4n) is 2.62. The molecule has 1 aliphatic heterocycles. The molecule has 0 aromatic heterocycles. The Hall–Kier alpha value is -2.05. The van der Waals surface area contributed by atoms with Crippen LogP contribution in [-0.4, -0.2) is 29.8 Å². The lowest BCUT2D eigenvalue weighted by Crippen LogP contribution is -2.40. The number of likely N-dealkylation sites (tertiary alicyclic amines) is 1. The van der Waals surface area contributed by atoms with E-state index in [9.17, 15) is 22.8 Å². The summed E-state index contributed by atoms with van der Waals surface area (Å²) in [4.78, 5) is 25.4. The SMILES string of the molecule is CC(C)C(=O)NC(CN1CCCC1=O)c1cccc(C(F)(F)F)c1. The summed E-state index contributed by atoms with van der Waals surface area (Å²) >= 11 is 0. The van der Waals surface area contributed by atoms with Crippen LogP contribution in [0, 0.1) is 5.92 Å². The van der Waals surface area contributed by atoms with Crippen LogP contribution < -0.4 is 5.32 Å². The van der Waals surface area contributed by atoms with Crippen molar-refractivity contribution in [3.8, 4) is 0 Å². The third-order valence-corrected chi connectivity index (χ3v) is 4.03. The zero-order chi connectivity index (χ0) is 17.9. The molecule has 0 spiro atoms. The Morgan fingerprint density at radius 3 is 2.58 bits per heavy atom. The highest BCUT2D eigenvalue weighted by atomic mass is 19.4. The fourth-order valence-corrected chi connectivity index (χ4v) is 2.62. The van der Waals surface area contributed by atoms with Crippen molar-refractivity contribution in [1.82, 2.24) is 10.2 Å². The van der Waals surface area contributed by atoms with Crippen molar-refractivity contribution in [1.29, 1.82) is 0 Å². The van der Waals surface area contributed by atoms with Gasteiger partial charge in [0.25, 0.3) is 0 Å². The zero-order valence-electron chi connectivity index (χ0n) is 13.7. The van der Waals surface area contributed by atoms with Gasteiger partial charge in [-0.1, -0.05) is 26.0 Å². The maximum absolute atomic E-state index is 12.9. The van der Waals surface area contributed by atoms with Gasteiger partial charge >= 0.3 is 6.18 Å². The largest absolute Gasteiger partial charge is 0.416 e. The molecule has 0 bridgehead atoms. The van der Waals surface area contributed by atoms with E-state index in [0.717, 1.165) is 18.6 Å². The van der Waals surface area contributed by atoms with E-state index in [1.165, 1.54) is 6.07 Å². The van der Waals surface area contributed by atoms with Gasteiger partial charge in [-0.3, -0.25) is 9.59 Å². The van der Waals surface area contributed by atoms with Crippen LogP contribution in [0.15, 0.2) is 24.3 Å². The molecule has 1 heterocycles. The van der Waals surface area contributed by atoms with Crippen LogP contribution in [0.5, 0.6) is 0 Å². The maximum Gasteiger partial charge on any atom is 0.416 e. The minimum atomic E-state index is -4.45. The second kappa shape index (κ2) is 7.23. The lowest BCUT2D eigenvalue weighted by molar-refractivity contribution is -0.137. The molecule has 0 aliphatic carbocycles. The molecule has 1 saturated heterocycles. The van der Waals surface area contributed by atoms with E-state index < -0.39 is 17.8 Å². The Labute approximate surface area is 139 Å². The van der Waals surface area contributed by atoms with Crippen LogP contribution >= 0.6 is 0 Å². The van der Waals surface area contributed by atoms with Gasteiger partial charge in [0, 0.05) is 25.4 Å². The molecule has 4 nitrogen and oxygen atoms in total. The summed E-state index contributed by atoms with van der Waals surface area (Å²) in [5.74, 6) is -0.595. The number of alkyl halides is 3. The molecular weight excluding hydrogens is 321 g/mol. The number of rotatable bonds is 5. The Balaban J connectivity index is 2.27. The van der Waals surface area contributed by atoms with Crippen LogP contribution in [-0.2, 0) is 15.8 Å². The van der Waals surface area contributed by atoms with Crippen LogP contribution in [0.4, 0.5) is 13.2 Å². The molecule has 1 aromatic rings. The van der Waals surface area contributed by atoms with Gasteiger partial charge in [0.05, 0.1) is 11.6 Å². The van der Waals surface area contributed by atoms with Crippen molar-refractivity contribution in [3.05, 3.63) is 35.4 Å². The molecule has 1 atom stereocenters. The van der Waals surface area contributed by atoms with Crippen molar-refractivity contribution >= 4 is 11.8 Å². The summed E-state index contributed by atoms with van der Waals surface area (Å²) in [5, 5.41) is 2.76. The first kappa shape index (κ1) is 18.3. The topological polar surface area (TPSA) is 49.4 Å². The molecule has 1 N–H and O–H groups in total. The Kier molecular flexibility index (Phi) is 5.51. The first-order valence-corrected chi connectivity index (χ1v) is 7.94. The predicted octanol–water partition coefficient (Wildman–Crippen LogP) is 3.14. The lowest BCUT2D eigenvalue weighted by Gasteiger charge is -2.26. The second-order valence-corrected chi connectivity index (χ2v) is 6.28. The van der Waals surface area contributed by atoms with E-state index >= 15 is 0 Å². The van der Waals surface area contributed by atoms with E-state index in [-0.39, 0.29) is 24.3 Å². The number of amides is 2. The van der Waals surface area contributed by atoms with E-state index in [2.05, 4.69) is 5.32 Å². The number of hydrogen-bond acceptors (Lipinski definition) is 2. The van der Waals surface area contributed by atoms with Crippen molar-refractivity contribution in [3.63, 3.8) is 0 Å². The molecular formula is C17H21F3N2O2. The predicted molar refractivity (Wildman–Crippen MR) is 83.0 cm³/mol. The van der Waals surface area contributed by atoms with E-state index in [1.54, 1.807) is 24.8 Å². The van der Waals surface area contributed by atoms with E-state index in [1.807, 2.05) is 0 Å². The summed E-state index contributed by atoms with van der Waals surface area (Å²) in [7, 11) is 0. The average molecular weight is 342 g/mol. The van der Waals surface area contributed by atoms with Crippen molar-refractivity contribution in [2.75, 3.05) is 13.1 Å². The molecule has 24 heavy (non-hydrogen) atoms. The summed E-state index contributed by atoms with van der Waals surface area (Å²) < 4.78 is 38.8. The highest BCUT2D eigenvalue weighted by molar-refractivity contribution is 5.79. The monoisotopic (exact) mass is 342 g/mol. The van der Waals surface area contributed by atoms with Gasteiger partial charge in [-0.05, 0) is 24.1 Å². The number of benzene rings is 1. The van der Waals surface area contributed by atoms with Gasteiger partial charge < -0.3 is 10.2 Å². The number of nitrogens with one attached hydrogen (secondary N) is 1. The summed E-state index contributed by atoms with van der Waals surface area (Å²) in [6, 6.07) is 4.22. The third-order valence-electron chi connectivity index (χ3n) is 4.03. The number of carbonyl (C=O) groups excluding carboxylic acids is 2. The zero-order valence-corrected chi connectivity index (χ0v) is 13.7. The minimum absolute atomic E-state index is 0.0363. The van der Waals surface area contributed by atoms with Gasteiger partial charge in [-0.15, -0.1) is 0 Å². The van der Waals surface area contributed by atoms with Crippen molar-refractivity contribution in [2.24, 2.45) is 5.92 Å². The first-order valence-electron chi connectivity index (χ1n) is 7.94. The van der Waals surface area contributed by atoms with Gasteiger partial charge in [0.1, 0.15) is 0 Å². The standard InChI is InChI=1S/C17H21F3N2O2/c1-11(2)16(24)21-14(10-22-8-4-7-15(22)23)12-5-3-6-13(9-12)17(18,19)20/h3,5-6,9,11,14H,4,7-8,10H2,1-2H3,(H,21,24). The maximum atomic E-state index is 12.9. The first-order chi connectivity index (χ1) is 11.2. The lowest BCUT2D eigenvalue weighted by atomic mass is 10.0. The van der Waals surface area contributed by atoms with Crippen LogP contribution in [0.3, 0.4) is 0 Å². The minimum Gasteiger partial charge on any atom is -0.347 e. The number of halogens is 3. The highest BCUT2D eigenvalue weighted by Gasteiger charge is 2.32. The molecule has 2 rings (SSSR count). The van der Waals surface area contributed by atoms with Crippen LogP contribution in [0.25, 0.3) is 0 Å². The quantitative estimate of drug-likeness (QED) is 0.894. The molecule has 2 amide bonds. The smallest absolute Gasteiger partial charge is 0.347 e. The van der Waals surface area contributed by atoms with Crippen LogP contribution in [0.1, 0.15) is 43.9 Å². The number of carbonyl (C=O) groups is 2. The average Bonchev–Trinajstić information content (AvgIpc) is 2.91. The molecule has 1 aliphatic rings. The number of nitrogens with zero attached hydrogens (tertiary/aromatic N) is 1. The normalized spacial score (nSPS) is 16.6. The molecule has 132 valence electrons. The van der Waals surface area contributed by atoms with Gasteiger partial charge in [0.15, 0.2) is 0 Å². The Bertz CT molecular complexity index is 614. The molecule has 1 aromatic carbocycles. The Morgan fingerprint density at radius 2 is 2.04 bits per heavy atom. The fraction of sp³-hybridized carbons (Fsp3) is 0.529. The van der Waals surface area contributed by atoms with E-state index in [4.69, 9.17) is 0 Å². The molecule has 0 saturated carbocycles. The van der Waals surface area contributed by atoms with Gasteiger partial charge in [-0.2, -0.15) is 13.2 Å². The van der Waals surface area contributed by atoms with Crippen LogP contribution in [0.2, 0.25) is 0 Å². The molecule has 1 fully saturated rings. The number of hydrogen-bond donors (Lipinski definition) is 1. The summed E-state index contributed by atoms with van der Waals surface area (Å²) in [6.45, 7) is 4.16.